The number of aliphatic carboxylic acids is 1. The molecule has 0 fully saturated rings. The lowest BCUT2D eigenvalue weighted by atomic mass is 10.0. The Morgan fingerprint density at radius 1 is 1.26 bits per heavy atom. The number of urea groups is 1. The van der Waals surface area contributed by atoms with Gasteiger partial charge in [0.25, 0.3) is 0 Å². The standard InChI is InChI=1S/C11H19F3N2O3/c1-7(2)6-8(9(17)18)16-10(19)15-5-3-4-11(12,13)14/h7-8H,3-6H2,1-2H3,(H,17,18)(H2,15,16,19). The highest BCUT2D eigenvalue weighted by atomic mass is 19.4. The third-order valence-electron chi connectivity index (χ3n) is 2.23. The number of amides is 2. The Hall–Kier alpha value is -1.47. The lowest BCUT2D eigenvalue weighted by molar-refractivity contribution is -0.139. The molecule has 0 aromatic carbocycles. The summed E-state index contributed by atoms with van der Waals surface area (Å²) >= 11 is 0. The minimum absolute atomic E-state index is 0.0756. The maximum Gasteiger partial charge on any atom is 0.389 e. The number of halogens is 3. The van der Waals surface area contributed by atoms with E-state index in [1.54, 1.807) is 13.8 Å². The van der Waals surface area contributed by atoms with Gasteiger partial charge < -0.3 is 15.7 Å². The minimum Gasteiger partial charge on any atom is -0.480 e. The summed E-state index contributed by atoms with van der Waals surface area (Å²) in [5.41, 5.74) is 0. The Labute approximate surface area is 109 Å². The second-order valence-electron chi connectivity index (χ2n) is 4.64. The van der Waals surface area contributed by atoms with Crippen molar-refractivity contribution in [3.8, 4) is 0 Å². The van der Waals surface area contributed by atoms with Gasteiger partial charge in [-0.15, -0.1) is 0 Å². The second kappa shape index (κ2) is 7.85. The summed E-state index contributed by atoms with van der Waals surface area (Å²) < 4.78 is 35.5. The first-order valence-corrected chi connectivity index (χ1v) is 5.95. The smallest absolute Gasteiger partial charge is 0.389 e. The Bertz CT molecular complexity index is 306. The van der Waals surface area contributed by atoms with Gasteiger partial charge in [-0.05, 0) is 18.8 Å². The molecule has 0 spiro atoms. The van der Waals surface area contributed by atoms with E-state index in [2.05, 4.69) is 10.6 Å². The number of carboxylic acids is 1. The third kappa shape index (κ3) is 10.2. The summed E-state index contributed by atoms with van der Waals surface area (Å²) in [5, 5.41) is 13.3. The van der Waals surface area contributed by atoms with E-state index in [1.165, 1.54) is 0 Å². The zero-order valence-electron chi connectivity index (χ0n) is 10.9. The maximum atomic E-state index is 11.8. The molecule has 0 heterocycles. The number of hydrogen-bond acceptors (Lipinski definition) is 2. The summed E-state index contributed by atoms with van der Waals surface area (Å²) in [5.74, 6) is -1.09. The molecule has 1 atom stereocenters. The summed E-state index contributed by atoms with van der Waals surface area (Å²) in [6, 6.07) is -1.81. The van der Waals surface area contributed by atoms with Crippen molar-refractivity contribution >= 4 is 12.0 Å². The van der Waals surface area contributed by atoms with Crippen molar-refractivity contribution < 1.29 is 27.9 Å². The van der Waals surface area contributed by atoms with E-state index in [4.69, 9.17) is 5.11 Å². The molecule has 1 unspecified atom stereocenters. The molecule has 8 heteroatoms. The maximum absolute atomic E-state index is 11.8. The van der Waals surface area contributed by atoms with Crippen LogP contribution in [0.4, 0.5) is 18.0 Å². The van der Waals surface area contributed by atoms with Crippen molar-refractivity contribution in [3.05, 3.63) is 0 Å². The number of rotatable bonds is 7. The first kappa shape index (κ1) is 17.5. The highest BCUT2D eigenvalue weighted by molar-refractivity contribution is 5.82. The minimum atomic E-state index is -4.25. The van der Waals surface area contributed by atoms with Gasteiger partial charge in [0.2, 0.25) is 0 Å². The molecule has 2 amide bonds. The lowest BCUT2D eigenvalue weighted by Gasteiger charge is -2.17. The summed E-state index contributed by atoms with van der Waals surface area (Å²) in [6.07, 6.45) is -5.22. The van der Waals surface area contributed by atoms with E-state index in [0.29, 0.717) is 0 Å². The molecule has 0 aliphatic heterocycles. The molecule has 0 radical (unpaired) electrons. The van der Waals surface area contributed by atoms with Crippen molar-refractivity contribution in [1.29, 1.82) is 0 Å². The van der Waals surface area contributed by atoms with Gasteiger partial charge in [-0.25, -0.2) is 9.59 Å². The predicted octanol–water partition coefficient (Wildman–Crippen LogP) is 2.13. The van der Waals surface area contributed by atoms with E-state index in [-0.39, 0.29) is 25.3 Å². The van der Waals surface area contributed by atoms with E-state index < -0.39 is 30.6 Å². The van der Waals surface area contributed by atoms with Crippen molar-refractivity contribution in [2.75, 3.05) is 6.54 Å². The van der Waals surface area contributed by atoms with E-state index in [1.807, 2.05) is 0 Å². The van der Waals surface area contributed by atoms with Gasteiger partial charge in [0.15, 0.2) is 0 Å². The molecule has 0 aromatic heterocycles. The average Bonchev–Trinajstić information content (AvgIpc) is 2.21. The molecule has 19 heavy (non-hydrogen) atoms. The van der Waals surface area contributed by atoms with E-state index in [0.717, 1.165) is 0 Å². The predicted molar refractivity (Wildman–Crippen MR) is 62.7 cm³/mol. The van der Waals surface area contributed by atoms with Crippen LogP contribution >= 0.6 is 0 Å². The molecule has 0 bridgehead atoms. The zero-order chi connectivity index (χ0) is 15.1. The molecule has 5 nitrogen and oxygen atoms in total. The Morgan fingerprint density at radius 2 is 1.84 bits per heavy atom. The highest BCUT2D eigenvalue weighted by Gasteiger charge is 2.26. The van der Waals surface area contributed by atoms with Crippen molar-refractivity contribution in [3.63, 3.8) is 0 Å². The fourth-order valence-electron chi connectivity index (χ4n) is 1.39. The number of alkyl halides is 3. The molecule has 112 valence electrons. The van der Waals surface area contributed by atoms with Crippen LogP contribution in [0.1, 0.15) is 33.1 Å². The Morgan fingerprint density at radius 3 is 2.26 bits per heavy atom. The van der Waals surface area contributed by atoms with Crippen LogP contribution in [-0.4, -0.2) is 35.9 Å². The van der Waals surface area contributed by atoms with Crippen LogP contribution in [0, 0.1) is 5.92 Å². The number of hydrogen-bond donors (Lipinski definition) is 3. The molecule has 0 saturated carbocycles. The SMILES string of the molecule is CC(C)CC(NC(=O)NCCCC(F)(F)F)C(=O)O. The van der Waals surface area contributed by atoms with Crippen molar-refractivity contribution in [2.24, 2.45) is 5.92 Å². The Balaban J connectivity index is 3.97. The van der Waals surface area contributed by atoms with Gasteiger partial charge in [-0.2, -0.15) is 13.2 Å². The van der Waals surface area contributed by atoms with Gasteiger partial charge in [0.05, 0.1) is 0 Å². The van der Waals surface area contributed by atoms with Gasteiger partial charge in [0, 0.05) is 13.0 Å². The molecule has 3 N–H and O–H groups in total. The molecule has 0 saturated heterocycles. The number of carbonyl (C=O) groups is 2. The number of carbonyl (C=O) groups excluding carboxylic acids is 1. The van der Waals surface area contributed by atoms with Gasteiger partial charge in [-0.3, -0.25) is 0 Å². The normalized spacial score (nSPS) is 13.2. The Kier molecular flexibility index (Phi) is 7.25. The summed E-state index contributed by atoms with van der Waals surface area (Å²) in [7, 11) is 0. The fourth-order valence-corrected chi connectivity index (χ4v) is 1.39. The fraction of sp³-hybridized carbons (Fsp3) is 0.818. The van der Waals surface area contributed by atoms with Gasteiger partial charge in [0.1, 0.15) is 6.04 Å². The van der Waals surface area contributed by atoms with Crippen LogP contribution in [-0.2, 0) is 4.79 Å². The molecule has 0 rings (SSSR count). The number of carboxylic acid groups (broad SMARTS) is 1. The van der Waals surface area contributed by atoms with Crippen LogP contribution in [0.15, 0.2) is 0 Å². The lowest BCUT2D eigenvalue weighted by Crippen LogP contribution is -2.46. The molecular weight excluding hydrogens is 265 g/mol. The second-order valence-corrected chi connectivity index (χ2v) is 4.64. The van der Waals surface area contributed by atoms with Crippen LogP contribution < -0.4 is 10.6 Å². The molecule has 0 aliphatic carbocycles. The quantitative estimate of drug-likeness (QED) is 0.627. The first-order valence-electron chi connectivity index (χ1n) is 5.95. The van der Waals surface area contributed by atoms with E-state index >= 15 is 0 Å². The van der Waals surface area contributed by atoms with E-state index in [9.17, 15) is 22.8 Å². The third-order valence-corrected chi connectivity index (χ3v) is 2.23. The van der Waals surface area contributed by atoms with Crippen molar-refractivity contribution in [2.45, 2.75) is 45.3 Å². The van der Waals surface area contributed by atoms with Crippen LogP contribution in [0.25, 0.3) is 0 Å². The van der Waals surface area contributed by atoms with Crippen LogP contribution in [0.5, 0.6) is 0 Å². The molecule has 0 aliphatic rings. The van der Waals surface area contributed by atoms with Gasteiger partial charge >= 0.3 is 18.2 Å². The largest absolute Gasteiger partial charge is 0.480 e. The van der Waals surface area contributed by atoms with Crippen LogP contribution in [0.2, 0.25) is 0 Å². The van der Waals surface area contributed by atoms with Gasteiger partial charge in [-0.1, -0.05) is 13.8 Å². The number of nitrogens with one attached hydrogen (secondary N) is 2. The van der Waals surface area contributed by atoms with Crippen LogP contribution in [0.3, 0.4) is 0 Å². The highest BCUT2D eigenvalue weighted by Crippen LogP contribution is 2.20. The average molecular weight is 284 g/mol. The summed E-state index contributed by atoms with van der Waals surface area (Å²) in [6.45, 7) is 3.46. The monoisotopic (exact) mass is 284 g/mol. The molecular formula is C11H19F3N2O3. The molecule has 0 aromatic rings. The first-order chi connectivity index (χ1) is 8.61. The zero-order valence-corrected chi connectivity index (χ0v) is 10.9. The summed E-state index contributed by atoms with van der Waals surface area (Å²) in [4.78, 5) is 22.1. The van der Waals surface area contributed by atoms with Crippen molar-refractivity contribution in [1.82, 2.24) is 10.6 Å². The topological polar surface area (TPSA) is 78.4 Å².